The summed E-state index contributed by atoms with van der Waals surface area (Å²) in [7, 11) is 0. The molecule has 3 rings (SSSR count). The zero-order valence-electron chi connectivity index (χ0n) is 13.4. The number of piperidine rings is 1. The number of rotatable bonds is 3. The van der Waals surface area contributed by atoms with Gasteiger partial charge in [-0.15, -0.1) is 0 Å². The van der Waals surface area contributed by atoms with Gasteiger partial charge in [0, 0.05) is 35.9 Å². The minimum absolute atomic E-state index is 0.633. The molecule has 2 bridgehead atoms. The van der Waals surface area contributed by atoms with Crippen molar-refractivity contribution >= 4 is 17.3 Å². The summed E-state index contributed by atoms with van der Waals surface area (Å²) in [5.74, 6) is 1.57. The molecule has 0 amide bonds. The summed E-state index contributed by atoms with van der Waals surface area (Å²) in [6.07, 6.45) is 4.13. The van der Waals surface area contributed by atoms with Crippen molar-refractivity contribution in [1.29, 1.82) is 0 Å². The zero-order chi connectivity index (χ0) is 15.0. The Bertz CT molecular complexity index is 486. The third kappa shape index (κ3) is 3.22. The zero-order valence-corrected chi connectivity index (χ0v) is 14.2. The van der Waals surface area contributed by atoms with Crippen LogP contribution in [0.4, 0.5) is 5.69 Å². The van der Waals surface area contributed by atoms with E-state index in [1.54, 1.807) is 0 Å². The first-order valence-corrected chi connectivity index (χ1v) is 8.69. The van der Waals surface area contributed by atoms with Crippen LogP contribution in [0.1, 0.15) is 38.7 Å². The first-order valence-electron chi connectivity index (χ1n) is 8.31. The van der Waals surface area contributed by atoms with Crippen LogP contribution in [-0.2, 0) is 0 Å². The van der Waals surface area contributed by atoms with E-state index in [9.17, 15) is 0 Å². The van der Waals surface area contributed by atoms with Crippen LogP contribution in [0.5, 0.6) is 0 Å². The van der Waals surface area contributed by atoms with Crippen LogP contribution in [0.2, 0.25) is 5.02 Å². The van der Waals surface area contributed by atoms with Gasteiger partial charge < -0.3 is 10.2 Å². The molecule has 1 aliphatic carbocycles. The lowest BCUT2D eigenvalue weighted by Gasteiger charge is -2.49. The second kappa shape index (κ2) is 6.18. The van der Waals surface area contributed by atoms with Crippen molar-refractivity contribution in [3.63, 3.8) is 0 Å². The fraction of sp³-hybridized carbons (Fsp3) is 0.667. The molecule has 21 heavy (non-hydrogen) atoms. The fourth-order valence-electron chi connectivity index (χ4n) is 4.10. The van der Waals surface area contributed by atoms with E-state index in [2.05, 4.69) is 43.1 Å². The smallest absolute Gasteiger partial charge is 0.0410 e. The van der Waals surface area contributed by atoms with Crippen LogP contribution >= 0.6 is 11.6 Å². The predicted octanol–water partition coefficient (Wildman–Crippen LogP) is 4.57. The van der Waals surface area contributed by atoms with E-state index in [-0.39, 0.29) is 0 Å². The highest BCUT2D eigenvalue weighted by atomic mass is 35.5. The van der Waals surface area contributed by atoms with Crippen LogP contribution in [-0.4, -0.2) is 30.1 Å². The number of anilines is 1. The number of hydrogen-bond acceptors (Lipinski definition) is 2. The fourth-order valence-corrected chi connectivity index (χ4v) is 4.33. The van der Waals surface area contributed by atoms with E-state index < -0.39 is 0 Å². The van der Waals surface area contributed by atoms with Gasteiger partial charge in [-0.2, -0.15) is 0 Å². The highest BCUT2D eigenvalue weighted by molar-refractivity contribution is 6.30. The molecule has 2 atom stereocenters. The maximum absolute atomic E-state index is 6.07. The molecule has 2 nitrogen and oxygen atoms in total. The first kappa shape index (κ1) is 15.2. The molecule has 3 heteroatoms. The number of halogens is 1. The highest BCUT2D eigenvalue weighted by Crippen LogP contribution is 2.38. The summed E-state index contributed by atoms with van der Waals surface area (Å²) in [5, 5.41) is 4.68. The van der Waals surface area contributed by atoms with Crippen molar-refractivity contribution in [1.82, 2.24) is 4.90 Å². The second-order valence-corrected chi connectivity index (χ2v) is 7.56. The van der Waals surface area contributed by atoms with E-state index in [4.69, 9.17) is 11.6 Å². The number of nitrogens with one attached hydrogen (secondary N) is 1. The van der Waals surface area contributed by atoms with Gasteiger partial charge in [0.25, 0.3) is 0 Å². The topological polar surface area (TPSA) is 15.3 Å². The Hall–Kier alpha value is -0.730. The van der Waals surface area contributed by atoms with Crippen LogP contribution in [0, 0.1) is 18.8 Å². The molecule has 1 N–H and O–H groups in total. The Labute approximate surface area is 133 Å². The van der Waals surface area contributed by atoms with E-state index >= 15 is 0 Å². The number of likely N-dealkylation sites (tertiary alicyclic amines) is 1. The standard InChI is InChI=1S/C18H27ClN2/c1-12(2)21-10-14-5-4-6-15(11-21)18(14)20-17-8-7-16(19)9-13(17)3/h7-9,12,14-15,18,20H,4-6,10-11H2,1-3H3. The van der Waals surface area contributed by atoms with E-state index in [0.29, 0.717) is 12.1 Å². The third-order valence-electron chi connectivity index (χ3n) is 5.34. The molecule has 1 aromatic rings. The summed E-state index contributed by atoms with van der Waals surface area (Å²) in [6, 6.07) is 7.50. The highest BCUT2D eigenvalue weighted by Gasteiger charge is 2.40. The number of fused-ring (bicyclic) bond motifs is 2. The summed E-state index contributed by atoms with van der Waals surface area (Å²) in [5.41, 5.74) is 2.52. The van der Waals surface area contributed by atoms with Crippen LogP contribution in [0.15, 0.2) is 18.2 Å². The summed E-state index contributed by atoms with van der Waals surface area (Å²) < 4.78 is 0. The molecule has 0 radical (unpaired) electrons. The van der Waals surface area contributed by atoms with Gasteiger partial charge in [0.15, 0.2) is 0 Å². The molecular weight excluding hydrogens is 280 g/mol. The monoisotopic (exact) mass is 306 g/mol. The van der Waals surface area contributed by atoms with Gasteiger partial charge in [-0.3, -0.25) is 0 Å². The lowest BCUT2D eigenvalue weighted by Crippen LogP contribution is -2.56. The number of hydrogen-bond donors (Lipinski definition) is 1. The quantitative estimate of drug-likeness (QED) is 0.880. The molecule has 1 saturated carbocycles. The first-order chi connectivity index (χ1) is 10.0. The van der Waals surface area contributed by atoms with Gasteiger partial charge in [0.05, 0.1) is 0 Å². The average Bonchev–Trinajstić information content (AvgIpc) is 2.41. The van der Waals surface area contributed by atoms with Crippen molar-refractivity contribution < 1.29 is 0 Å². The van der Waals surface area contributed by atoms with Gasteiger partial charge in [0.2, 0.25) is 0 Å². The number of benzene rings is 1. The SMILES string of the molecule is Cc1cc(Cl)ccc1NC1C2CCCC1CN(C(C)C)C2. The molecule has 0 spiro atoms. The second-order valence-electron chi connectivity index (χ2n) is 7.13. The van der Waals surface area contributed by atoms with Gasteiger partial charge in [-0.25, -0.2) is 0 Å². The van der Waals surface area contributed by atoms with Crippen molar-refractivity contribution in [3.8, 4) is 0 Å². The van der Waals surface area contributed by atoms with Gasteiger partial charge in [-0.1, -0.05) is 18.0 Å². The molecule has 1 aliphatic heterocycles. The molecule has 1 saturated heterocycles. The predicted molar refractivity (Wildman–Crippen MR) is 91.1 cm³/mol. The van der Waals surface area contributed by atoms with Gasteiger partial charge in [-0.05, 0) is 69.2 Å². The van der Waals surface area contributed by atoms with Crippen molar-refractivity contribution in [2.45, 2.75) is 52.1 Å². The minimum atomic E-state index is 0.633. The minimum Gasteiger partial charge on any atom is -0.381 e. The van der Waals surface area contributed by atoms with Crippen LogP contribution < -0.4 is 5.32 Å². The van der Waals surface area contributed by atoms with E-state index in [1.807, 2.05) is 6.07 Å². The Morgan fingerprint density at radius 3 is 2.43 bits per heavy atom. The molecule has 2 unspecified atom stereocenters. The Morgan fingerprint density at radius 1 is 1.19 bits per heavy atom. The summed E-state index contributed by atoms with van der Waals surface area (Å²) in [6.45, 7) is 9.30. The van der Waals surface area contributed by atoms with Crippen molar-refractivity contribution in [2.24, 2.45) is 11.8 Å². The van der Waals surface area contributed by atoms with Gasteiger partial charge in [0.1, 0.15) is 0 Å². The average molecular weight is 307 g/mol. The number of nitrogens with zero attached hydrogens (tertiary/aromatic N) is 1. The molecule has 2 aliphatic rings. The van der Waals surface area contributed by atoms with Crippen molar-refractivity contribution in [2.75, 3.05) is 18.4 Å². The van der Waals surface area contributed by atoms with Crippen LogP contribution in [0.3, 0.4) is 0 Å². The lowest BCUT2D eigenvalue weighted by molar-refractivity contribution is 0.0518. The maximum Gasteiger partial charge on any atom is 0.0410 e. The summed E-state index contributed by atoms with van der Waals surface area (Å²) in [4.78, 5) is 2.67. The lowest BCUT2D eigenvalue weighted by atomic mass is 9.73. The number of aryl methyl sites for hydroxylation is 1. The third-order valence-corrected chi connectivity index (χ3v) is 5.58. The Morgan fingerprint density at radius 2 is 1.86 bits per heavy atom. The van der Waals surface area contributed by atoms with Crippen LogP contribution in [0.25, 0.3) is 0 Å². The molecule has 2 fully saturated rings. The molecule has 0 aromatic heterocycles. The molecule has 1 heterocycles. The molecule has 1 aromatic carbocycles. The molecular formula is C18H27ClN2. The Balaban J connectivity index is 1.76. The largest absolute Gasteiger partial charge is 0.381 e. The van der Waals surface area contributed by atoms with Gasteiger partial charge >= 0.3 is 0 Å². The Kier molecular flexibility index (Phi) is 4.46. The maximum atomic E-state index is 6.07. The normalized spacial score (nSPS) is 29.7. The van der Waals surface area contributed by atoms with Crippen molar-refractivity contribution in [3.05, 3.63) is 28.8 Å². The summed E-state index contributed by atoms with van der Waals surface area (Å²) >= 11 is 6.07. The van der Waals surface area contributed by atoms with E-state index in [1.165, 1.54) is 43.6 Å². The molecule has 116 valence electrons. The van der Waals surface area contributed by atoms with E-state index in [0.717, 1.165) is 16.9 Å².